The van der Waals surface area contributed by atoms with E-state index in [-0.39, 0.29) is 6.79 Å². The third-order valence-corrected chi connectivity index (χ3v) is 3.72. The van der Waals surface area contributed by atoms with Crippen molar-refractivity contribution in [3.8, 4) is 17.6 Å². The Morgan fingerprint density at radius 2 is 2.09 bits per heavy atom. The Hall–Kier alpha value is -3.26. The van der Waals surface area contributed by atoms with Crippen LogP contribution in [-0.2, 0) is 0 Å². The summed E-state index contributed by atoms with van der Waals surface area (Å²) < 4.78 is 10.7. The Morgan fingerprint density at radius 3 is 2.96 bits per heavy atom. The minimum Gasteiger partial charge on any atom is -0.454 e. The highest BCUT2D eigenvalue weighted by atomic mass is 16.7. The molecule has 0 spiro atoms. The highest BCUT2D eigenvalue weighted by molar-refractivity contribution is 5.90. The van der Waals surface area contributed by atoms with Crippen molar-refractivity contribution in [3.05, 3.63) is 53.3 Å². The van der Waals surface area contributed by atoms with Crippen LogP contribution in [0.25, 0.3) is 22.7 Å². The second-order valence-corrected chi connectivity index (χ2v) is 5.39. The van der Waals surface area contributed by atoms with E-state index in [4.69, 9.17) is 9.47 Å². The number of imidazole rings is 1. The van der Waals surface area contributed by atoms with Crippen molar-refractivity contribution in [1.29, 1.82) is 5.26 Å². The number of benzene rings is 2. The number of nitrogens with zero attached hydrogens (tertiary/aromatic N) is 2. The summed E-state index contributed by atoms with van der Waals surface area (Å²) in [4.78, 5) is 7.69. The van der Waals surface area contributed by atoms with Crippen LogP contribution in [0.2, 0.25) is 0 Å². The minimum atomic E-state index is 0.233. The fourth-order valence-corrected chi connectivity index (χ4v) is 2.57. The molecule has 23 heavy (non-hydrogen) atoms. The van der Waals surface area contributed by atoms with Crippen molar-refractivity contribution in [3.63, 3.8) is 0 Å². The normalized spacial score (nSPS) is 13.3. The summed E-state index contributed by atoms with van der Waals surface area (Å²) >= 11 is 0. The lowest BCUT2D eigenvalue weighted by Crippen LogP contribution is -1.92. The van der Waals surface area contributed by atoms with Gasteiger partial charge in [0.2, 0.25) is 6.79 Å². The summed E-state index contributed by atoms with van der Waals surface area (Å²) in [5.41, 5.74) is 4.25. The number of rotatable bonds is 2. The van der Waals surface area contributed by atoms with Crippen LogP contribution in [0, 0.1) is 18.3 Å². The molecule has 0 amide bonds. The van der Waals surface area contributed by atoms with Gasteiger partial charge in [-0.15, -0.1) is 0 Å². The van der Waals surface area contributed by atoms with E-state index in [0.29, 0.717) is 17.1 Å². The van der Waals surface area contributed by atoms with Gasteiger partial charge in [0.25, 0.3) is 0 Å². The molecular weight excluding hydrogens is 290 g/mol. The van der Waals surface area contributed by atoms with Crippen LogP contribution in [-0.4, -0.2) is 16.8 Å². The largest absolute Gasteiger partial charge is 0.454 e. The molecule has 0 aliphatic carbocycles. The average Bonchev–Trinajstić information content (AvgIpc) is 3.17. The number of aromatic amines is 1. The predicted molar refractivity (Wildman–Crippen MR) is 86.9 cm³/mol. The molecule has 1 aromatic heterocycles. The highest BCUT2D eigenvalue weighted by Crippen LogP contribution is 2.33. The molecule has 0 fully saturated rings. The van der Waals surface area contributed by atoms with Crippen LogP contribution in [0.1, 0.15) is 17.0 Å². The van der Waals surface area contributed by atoms with Crippen molar-refractivity contribution < 1.29 is 9.47 Å². The molecule has 1 N–H and O–H groups in total. The van der Waals surface area contributed by atoms with Gasteiger partial charge < -0.3 is 14.5 Å². The zero-order chi connectivity index (χ0) is 15.8. The maximum atomic E-state index is 9.48. The fraction of sp³-hybridized carbons (Fsp3) is 0.111. The molecule has 1 aliphatic rings. The van der Waals surface area contributed by atoms with Gasteiger partial charge in [-0.1, -0.05) is 12.1 Å². The zero-order valence-electron chi connectivity index (χ0n) is 12.5. The first-order valence-electron chi connectivity index (χ1n) is 7.21. The molecule has 2 aromatic carbocycles. The van der Waals surface area contributed by atoms with Crippen LogP contribution in [0.5, 0.6) is 11.5 Å². The molecule has 5 nitrogen and oxygen atoms in total. The fourth-order valence-electron chi connectivity index (χ4n) is 2.57. The summed E-state index contributed by atoms with van der Waals surface area (Å²) in [6, 6.07) is 13.7. The van der Waals surface area contributed by atoms with Crippen molar-refractivity contribution in [2.75, 3.05) is 6.79 Å². The van der Waals surface area contributed by atoms with Crippen molar-refractivity contribution >= 4 is 22.7 Å². The second-order valence-electron chi connectivity index (χ2n) is 5.39. The molecule has 0 saturated heterocycles. The number of ether oxygens (including phenoxy) is 2. The molecule has 3 aromatic rings. The summed E-state index contributed by atoms with van der Waals surface area (Å²) in [7, 11) is 0. The van der Waals surface area contributed by atoms with Gasteiger partial charge >= 0.3 is 0 Å². The molecule has 0 unspecified atom stereocenters. The number of allylic oxidation sites excluding steroid dienone is 1. The van der Waals surface area contributed by atoms with E-state index in [1.807, 2.05) is 43.3 Å². The minimum absolute atomic E-state index is 0.233. The van der Waals surface area contributed by atoms with E-state index in [2.05, 4.69) is 16.0 Å². The van der Waals surface area contributed by atoms with Crippen LogP contribution >= 0.6 is 0 Å². The monoisotopic (exact) mass is 303 g/mol. The van der Waals surface area contributed by atoms with Crippen molar-refractivity contribution in [1.82, 2.24) is 9.97 Å². The van der Waals surface area contributed by atoms with Crippen LogP contribution in [0.15, 0.2) is 36.4 Å². The first-order chi connectivity index (χ1) is 11.2. The van der Waals surface area contributed by atoms with Gasteiger partial charge in [0.1, 0.15) is 11.9 Å². The molecule has 4 rings (SSSR count). The van der Waals surface area contributed by atoms with Gasteiger partial charge in [0.05, 0.1) is 16.6 Å². The summed E-state index contributed by atoms with van der Waals surface area (Å²) in [5, 5.41) is 9.48. The molecule has 0 saturated carbocycles. The lowest BCUT2D eigenvalue weighted by atomic mass is 10.1. The van der Waals surface area contributed by atoms with Crippen LogP contribution < -0.4 is 9.47 Å². The lowest BCUT2D eigenvalue weighted by molar-refractivity contribution is 0.174. The van der Waals surface area contributed by atoms with Crippen molar-refractivity contribution in [2.45, 2.75) is 6.92 Å². The first-order valence-corrected chi connectivity index (χ1v) is 7.21. The summed E-state index contributed by atoms with van der Waals surface area (Å²) in [5.74, 6) is 1.97. The Morgan fingerprint density at radius 1 is 1.22 bits per heavy atom. The smallest absolute Gasteiger partial charge is 0.231 e. The van der Waals surface area contributed by atoms with Gasteiger partial charge in [-0.2, -0.15) is 5.26 Å². The highest BCUT2D eigenvalue weighted by Gasteiger charge is 2.14. The maximum absolute atomic E-state index is 9.48. The Bertz CT molecular complexity index is 980. The third kappa shape index (κ3) is 2.40. The number of nitrogens with one attached hydrogen (secondary N) is 1. The summed E-state index contributed by atoms with van der Waals surface area (Å²) in [6.07, 6.45) is 1.78. The number of nitriles is 1. The van der Waals surface area contributed by atoms with Crippen molar-refractivity contribution in [2.24, 2.45) is 0 Å². The topological polar surface area (TPSA) is 70.9 Å². The molecule has 5 heteroatoms. The van der Waals surface area contributed by atoms with E-state index < -0.39 is 0 Å². The first kappa shape index (κ1) is 13.4. The average molecular weight is 303 g/mol. The summed E-state index contributed by atoms with van der Waals surface area (Å²) in [6.45, 7) is 2.25. The molecule has 0 radical (unpaired) electrons. The number of H-pyrrole nitrogens is 1. The number of fused-ring (bicyclic) bond motifs is 2. The Balaban J connectivity index is 1.76. The molecule has 0 atom stereocenters. The number of aromatic nitrogens is 2. The molecule has 1 aliphatic heterocycles. The number of hydrogen-bond donors (Lipinski definition) is 1. The van der Waals surface area contributed by atoms with Gasteiger partial charge in [-0.3, -0.25) is 0 Å². The quantitative estimate of drug-likeness (QED) is 0.733. The Kier molecular flexibility index (Phi) is 3.02. The van der Waals surface area contributed by atoms with E-state index in [9.17, 15) is 5.26 Å². The standard InChI is InChI=1S/C18H13N3O2/c1-11-2-4-14-15(6-11)21-18(20-14)13(9-19)7-12-3-5-16-17(8-12)23-10-22-16/h2-8H,10H2,1H3,(H,20,21)/b13-7+. The van der Waals surface area contributed by atoms with Crippen LogP contribution in [0.4, 0.5) is 0 Å². The molecule has 0 bridgehead atoms. The third-order valence-electron chi connectivity index (χ3n) is 3.72. The van der Waals surface area contributed by atoms with Gasteiger partial charge in [-0.25, -0.2) is 4.98 Å². The number of aryl methyl sites for hydroxylation is 1. The van der Waals surface area contributed by atoms with Gasteiger partial charge in [0.15, 0.2) is 11.5 Å². The molecule has 112 valence electrons. The zero-order valence-corrected chi connectivity index (χ0v) is 12.5. The van der Waals surface area contributed by atoms with E-state index in [1.165, 1.54) is 0 Å². The SMILES string of the molecule is Cc1ccc2nc(/C(C#N)=C/c3ccc4c(c3)OCO4)[nH]c2c1. The van der Waals surface area contributed by atoms with E-state index >= 15 is 0 Å². The van der Waals surface area contributed by atoms with Crippen LogP contribution in [0.3, 0.4) is 0 Å². The number of hydrogen-bond acceptors (Lipinski definition) is 4. The van der Waals surface area contributed by atoms with E-state index in [1.54, 1.807) is 6.08 Å². The lowest BCUT2D eigenvalue weighted by Gasteiger charge is -1.99. The second kappa shape index (κ2) is 5.18. The molecular formula is C18H13N3O2. The Labute approximate surface area is 132 Å². The van der Waals surface area contributed by atoms with Gasteiger partial charge in [-0.05, 0) is 48.4 Å². The molecule has 2 heterocycles. The maximum Gasteiger partial charge on any atom is 0.231 e. The predicted octanol–water partition coefficient (Wildman–Crippen LogP) is 3.66. The van der Waals surface area contributed by atoms with E-state index in [0.717, 1.165) is 27.9 Å². The van der Waals surface area contributed by atoms with Gasteiger partial charge in [0, 0.05) is 0 Å².